The van der Waals surface area contributed by atoms with Crippen molar-refractivity contribution in [3.63, 3.8) is 0 Å². The van der Waals surface area contributed by atoms with Gasteiger partial charge in [0.15, 0.2) is 11.5 Å². The van der Waals surface area contributed by atoms with Crippen molar-refractivity contribution in [1.82, 2.24) is 4.90 Å². The number of benzene rings is 1. The molecule has 23 heavy (non-hydrogen) atoms. The molecule has 2 aliphatic heterocycles. The average molecular weight is 329 g/mol. The van der Waals surface area contributed by atoms with Crippen molar-refractivity contribution in [2.45, 2.75) is 25.3 Å². The molecule has 0 radical (unpaired) electrons. The van der Waals surface area contributed by atoms with Crippen LogP contribution in [0.5, 0.6) is 11.5 Å². The van der Waals surface area contributed by atoms with Gasteiger partial charge < -0.3 is 14.4 Å². The lowest BCUT2D eigenvalue weighted by Gasteiger charge is -2.24. The Labute approximate surface area is 139 Å². The van der Waals surface area contributed by atoms with Crippen molar-refractivity contribution in [1.29, 1.82) is 0 Å². The molecule has 0 spiro atoms. The molecular weight excluding hydrogens is 310 g/mol. The summed E-state index contributed by atoms with van der Waals surface area (Å²) in [7, 11) is 0. The molecule has 0 aliphatic carbocycles. The van der Waals surface area contributed by atoms with Crippen LogP contribution in [0.3, 0.4) is 0 Å². The van der Waals surface area contributed by atoms with E-state index in [1.54, 1.807) is 11.3 Å². The van der Waals surface area contributed by atoms with Gasteiger partial charge in [-0.1, -0.05) is 12.1 Å². The minimum absolute atomic E-state index is 0.192. The van der Waals surface area contributed by atoms with Gasteiger partial charge in [0.05, 0.1) is 12.5 Å². The molecule has 4 rings (SSSR count). The fourth-order valence-electron chi connectivity index (χ4n) is 3.32. The minimum Gasteiger partial charge on any atom is -0.486 e. The number of rotatable bonds is 3. The molecule has 1 aromatic carbocycles. The fourth-order valence-corrected chi connectivity index (χ4v) is 4.19. The van der Waals surface area contributed by atoms with E-state index in [0.29, 0.717) is 19.6 Å². The monoisotopic (exact) mass is 329 g/mol. The average Bonchev–Trinajstić information content (AvgIpc) is 3.25. The first kappa shape index (κ1) is 14.6. The molecule has 1 atom stereocenters. The number of carbonyl (C=O) groups excluding carboxylic acids is 1. The summed E-state index contributed by atoms with van der Waals surface area (Å²) in [5, 5.41) is 2.08. The highest BCUT2D eigenvalue weighted by Gasteiger charge is 2.30. The second kappa shape index (κ2) is 6.24. The van der Waals surface area contributed by atoms with Gasteiger partial charge in [-0.15, -0.1) is 11.3 Å². The third kappa shape index (κ3) is 2.93. The summed E-state index contributed by atoms with van der Waals surface area (Å²) in [6.45, 7) is 2.00. The molecule has 1 saturated heterocycles. The van der Waals surface area contributed by atoms with Gasteiger partial charge in [0.1, 0.15) is 13.2 Å². The molecule has 2 aliphatic rings. The molecular formula is C18H19NO3S. The summed E-state index contributed by atoms with van der Waals surface area (Å²) >= 11 is 1.74. The van der Waals surface area contributed by atoms with Crippen LogP contribution in [0.4, 0.5) is 0 Å². The number of hydrogen-bond acceptors (Lipinski definition) is 4. The zero-order valence-corrected chi connectivity index (χ0v) is 13.7. The van der Waals surface area contributed by atoms with E-state index in [9.17, 15) is 4.79 Å². The fraction of sp³-hybridized carbons (Fsp3) is 0.389. The normalized spacial score (nSPS) is 19.8. The zero-order valence-electron chi connectivity index (χ0n) is 12.9. The number of thiophene rings is 1. The number of nitrogens with zero attached hydrogens (tertiary/aromatic N) is 1. The molecule has 4 nitrogen and oxygen atoms in total. The summed E-state index contributed by atoms with van der Waals surface area (Å²) in [5.41, 5.74) is 0.982. The third-order valence-corrected chi connectivity index (χ3v) is 5.38. The van der Waals surface area contributed by atoms with Crippen LogP contribution in [0.1, 0.15) is 29.3 Å². The molecule has 120 valence electrons. The molecule has 1 aromatic heterocycles. The second-order valence-electron chi connectivity index (χ2n) is 5.92. The van der Waals surface area contributed by atoms with Crippen molar-refractivity contribution < 1.29 is 14.3 Å². The molecule has 5 heteroatoms. The van der Waals surface area contributed by atoms with Gasteiger partial charge in [0.2, 0.25) is 5.91 Å². The summed E-state index contributed by atoms with van der Waals surface area (Å²) in [5.74, 6) is 1.71. The SMILES string of the molecule is O=C(Cc1ccc2c(c1)OCCO2)N1CCCC1c1cccs1. The number of likely N-dealkylation sites (tertiary alicyclic amines) is 1. The first-order valence-electron chi connectivity index (χ1n) is 8.02. The lowest BCUT2D eigenvalue weighted by atomic mass is 10.1. The summed E-state index contributed by atoms with van der Waals surface area (Å²) < 4.78 is 11.1. The Morgan fingerprint density at radius 3 is 2.91 bits per heavy atom. The molecule has 1 amide bonds. The highest BCUT2D eigenvalue weighted by Crippen LogP contribution is 2.35. The van der Waals surface area contributed by atoms with E-state index in [4.69, 9.17) is 9.47 Å². The third-order valence-electron chi connectivity index (χ3n) is 4.41. The van der Waals surface area contributed by atoms with E-state index in [0.717, 1.165) is 36.4 Å². The Morgan fingerprint density at radius 2 is 2.09 bits per heavy atom. The highest BCUT2D eigenvalue weighted by atomic mass is 32.1. The Kier molecular flexibility index (Phi) is 3.95. The predicted octanol–water partition coefficient (Wildman–Crippen LogP) is 3.43. The van der Waals surface area contributed by atoms with Crippen molar-refractivity contribution in [2.75, 3.05) is 19.8 Å². The predicted molar refractivity (Wildman–Crippen MR) is 89.1 cm³/mol. The Bertz CT molecular complexity index is 698. The standard InChI is InChI=1S/C18H19NO3S/c20-18(19-7-1-3-14(19)17-4-2-10-23-17)12-13-5-6-15-16(11-13)22-9-8-21-15/h2,4-6,10-11,14H,1,3,7-9,12H2. The number of amides is 1. The van der Waals surface area contributed by atoms with E-state index in [1.807, 2.05) is 23.1 Å². The second-order valence-corrected chi connectivity index (χ2v) is 6.89. The maximum atomic E-state index is 12.7. The highest BCUT2D eigenvalue weighted by molar-refractivity contribution is 7.10. The topological polar surface area (TPSA) is 38.8 Å². The Morgan fingerprint density at radius 1 is 1.22 bits per heavy atom. The maximum Gasteiger partial charge on any atom is 0.227 e. The van der Waals surface area contributed by atoms with Crippen LogP contribution in [-0.4, -0.2) is 30.6 Å². The van der Waals surface area contributed by atoms with Gasteiger partial charge in [-0.25, -0.2) is 0 Å². The van der Waals surface area contributed by atoms with E-state index >= 15 is 0 Å². The first-order chi connectivity index (χ1) is 11.3. The van der Waals surface area contributed by atoms with Crippen LogP contribution in [0.15, 0.2) is 35.7 Å². The van der Waals surface area contributed by atoms with Crippen LogP contribution in [-0.2, 0) is 11.2 Å². The maximum absolute atomic E-state index is 12.7. The molecule has 1 unspecified atom stereocenters. The van der Waals surface area contributed by atoms with E-state index in [2.05, 4.69) is 17.5 Å². The van der Waals surface area contributed by atoms with Crippen molar-refractivity contribution in [2.24, 2.45) is 0 Å². The van der Waals surface area contributed by atoms with Gasteiger partial charge in [-0.05, 0) is 42.0 Å². The van der Waals surface area contributed by atoms with Crippen LogP contribution in [0, 0.1) is 0 Å². The van der Waals surface area contributed by atoms with Crippen LogP contribution >= 0.6 is 11.3 Å². The number of hydrogen-bond donors (Lipinski definition) is 0. The van der Waals surface area contributed by atoms with E-state index < -0.39 is 0 Å². The zero-order chi connectivity index (χ0) is 15.6. The smallest absolute Gasteiger partial charge is 0.227 e. The van der Waals surface area contributed by atoms with Crippen LogP contribution in [0.2, 0.25) is 0 Å². The molecule has 0 bridgehead atoms. The summed E-state index contributed by atoms with van der Waals surface area (Å²) in [4.78, 5) is 16.1. The molecule has 0 saturated carbocycles. The molecule has 2 aromatic rings. The lowest BCUT2D eigenvalue weighted by Crippen LogP contribution is -2.31. The lowest BCUT2D eigenvalue weighted by molar-refractivity contribution is -0.131. The van der Waals surface area contributed by atoms with Crippen LogP contribution in [0.25, 0.3) is 0 Å². The number of fused-ring (bicyclic) bond motifs is 1. The minimum atomic E-state index is 0.192. The largest absolute Gasteiger partial charge is 0.486 e. The molecule has 0 N–H and O–H groups in total. The van der Waals surface area contributed by atoms with Crippen molar-refractivity contribution in [3.8, 4) is 11.5 Å². The van der Waals surface area contributed by atoms with Gasteiger partial charge in [-0.2, -0.15) is 0 Å². The Balaban J connectivity index is 1.49. The van der Waals surface area contributed by atoms with Gasteiger partial charge in [0, 0.05) is 11.4 Å². The quantitative estimate of drug-likeness (QED) is 0.866. The summed E-state index contributed by atoms with van der Waals surface area (Å²) in [6.07, 6.45) is 2.56. The molecule has 3 heterocycles. The van der Waals surface area contributed by atoms with Gasteiger partial charge >= 0.3 is 0 Å². The van der Waals surface area contributed by atoms with Crippen LogP contribution < -0.4 is 9.47 Å². The van der Waals surface area contributed by atoms with E-state index in [1.165, 1.54) is 4.88 Å². The number of carbonyl (C=O) groups is 1. The van der Waals surface area contributed by atoms with Gasteiger partial charge in [0.25, 0.3) is 0 Å². The van der Waals surface area contributed by atoms with Crippen molar-refractivity contribution in [3.05, 3.63) is 46.2 Å². The van der Waals surface area contributed by atoms with E-state index in [-0.39, 0.29) is 11.9 Å². The molecule has 1 fully saturated rings. The number of ether oxygens (including phenoxy) is 2. The van der Waals surface area contributed by atoms with Gasteiger partial charge in [-0.3, -0.25) is 4.79 Å². The van der Waals surface area contributed by atoms with Crippen molar-refractivity contribution >= 4 is 17.2 Å². The first-order valence-corrected chi connectivity index (χ1v) is 8.90. The Hall–Kier alpha value is -2.01. The summed E-state index contributed by atoms with van der Waals surface area (Å²) in [6, 6.07) is 10.2.